The van der Waals surface area contributed by atoms with Crippen molar-refractivity contribution in [3.05, 3.63) is 48.4 Å². The van der Waals surface area contributed by atoms with E-state index in [0.717, 1.165) is 6.42 Å². The Morgan fingerprint density at radius 3 is 2.83 bits per heavy atom. The van der Waals surface area contributed by atoms with Gasteiger partial charge in [0.05, 0.1) is 19.0 Å². The third-order valence-electron chi connectivity index (χ3n) is 3.21. The van der Waals surface area contributed by atoms with Crippen LogP contribution < -0.4 is 5.32 Å². The van der Waals surface area contributed by atoms with E-state index in [9.17, 15) is 9.59 Å². The molecule has 7 heteroatoms. The second kappa shape index (κ2) is 8.67. The maximum Gasteiger partial charge on any atom is 0.274 e. The number of carbonyl (C=O) groups is 2. The van der Waals surface area contributed by atoms with Gasteiger partial charge in [-0.3, -0.25) is 14.6 Å². The van der Waals surface area contributed by atoms with Crippen LogP contribution in [0.2, 0.25) is 0 Å². The molecular formula is C16H20N4O3. The summed E-state index contributed by atoms with van der Waals surface area (Å²) in [6, 6.07) is 3.56. The van der Waals surface area contributed by atoms with Crippen molar-refractivity contribution in [3.63, 3.8) is 0 Å². The normalized spacial score (nSPS) is 10.3. The molecule has 2 rings (SSSR count). The summed E-state index contributed by atoms with van der Waals surface area (Å²) in [7, 11) is 0. The monoisotopic (exact) mass is 316 g/mol. The quantitative estimate of drug-likeness (QED) is 0.799. The van der Waals surface area contributed by atoms with Crippen molar-refractivity contribution >= 4 is 11.8 Å². The van der Waals surface area contributed by atoms with Crippen LogP contribution >= 0.6 is 0 Å². The van der Waals surface area contributed by atoms with Gasteiger partial charge in [-0.15, -0.1) is 0 Å². The van der Waals surface area contributed by atoms with Crippen molar-refractivity contribution in [2.45, 2.75) is 26.3 Å². The molecule has 0 saturated carbocycles. The van der Waals surface area contributed by atoms with Gasteiger partial charge in [-0.25, -0.2) is 4.98 Å². The third kappa shape index (κ3) is 5.21. The molecule has 0 aliphatic heterocycles. The Hall–Kier alpha value is -2.70. The highest BCUT2D eigenvalue weighted by atomic mass is 16.3. The van der Waals surface area contributed by atoms with Gasteiger partial charge >= 0.3 is 0 Å². The number of aromatic nitrogens is 2. The summed E-state index contributed by atoms with van der Waals surface area (Å²) in [5.74, 6) is 0.354. The van der Waals surface area contributed by atoms with Gasteiger partial charge in [-0.05, 0) is 18.6 Å². The van der Waals surface area contributed by atoms with E-state index in [0.29, 0.717) is 25.4 Å². The fourth-order valence-electron chi connectivity index (χ4n) is 2.08. The maximum atomic E-state index is 12.4. The van der Waals surface area contributed by atoms with Gasteiger partial charge in [0, 0.05) is 31.9 Å². The molecule has 0 saturated heterocycles. The zero-order chi connectivity index (χ0) is 16.5. The first kappa shape index (κ1) is 16.7. The third-order valence-corrected chi connectivity index (χ3v) is 3.21. The molecule has 0 aliphatic carbocycles. The lowest BCUT2D eigenvalue weighted by Crippen LogP contribution is -2.36. The van der Waals surface area contributed by atoms with Crippen molar-refractivity contribution in [3.8, 4) is 0 Å². The second-order valence-electron chi connectivity index (χ2n) is 4.99. The van der Waals surface area contributed by atoms with Gasteiger partial charge in [0.25, 0.3) is 5.91 Å². The molecule has 0 atom stereocenters. The summed E-state index contributed by atoms with van der Waals surface area (Å²) in [5, 5.41) is 2.76. The number of nitrogens with one attached hydrogen (secondary N) is 1. The molecule has 2 amide bonds. The Morgan fingerprint density at radius 2 is 2.17 bits per heavy atom. The Labute approximate surface area is 134 Å². The second-order valence-corrected chi connectivity index (χ2v) is 4.99. The van der Waals surface area contributed by atoms with E-state index in [1.54, 1.807) is 23.3 Å². The Bertz CT molecular complexity index is 614. The molecule has 2 aromatic rings. The molecular weight excluding hydrogens is 296 g/mol. The number of amides is 2. The summed E-state index contributed by atoms with van der Waals surface area (Å²) >= 11 is 0. The average molecular weight is 316 g/mol. The molecule has 1 N–H and O–H groups in total. The highest BCUT2D eigenvalue weighted by Crippen LogP contribution is 2.03. The minimum Gasteiger partial charge on any atom is -0.467 e. The van der Waals surface area contributed by atoms with E-state index < -0.39 is 0 Å². The molecule has 0 spiro atoms. The maximum absolute atomic E-state index is 12.4. The molecule has 0 unspecified atom stereocenters. The van der Waals surface area contributed by atoms with E-state index in [-0.39, 0.29) is 23.9 Å². The van der Waals surface area contributed by atoms with Crippen LogP contribution in [-0.4, -0.2) is 39.8 Å². The molecule has 7 nitrogen and oxygen atoms in total. The highest BCUT2D eigenvalue weighted by Gasteiger charge is 2.17. The minimum atomic E-state index is -0.209. The summed E-state index contributed by atoms with van der Waals surface area (Å²) in [4.78, 5) is 33.8. The smallest absolute Gasteiger partial charge is 0.274 e. The first-order valence-corrected chi connectivity index (χ1v) is 7.55. The van der Waals surface area contributed by atoms with E-state index in [1.807, 2.05) is 6.92 Å². The van der Waals surface area contributed by atoms with Crippen LogP contribution in [0.25, 0.3) is 0 Å². The van der Waals surface area contributed by atoms with Crippen LogP contribution in [0.1, 0.15) is 36.0 Å². The van der Waals surface area contributed by atoms with Crippen molar-refractivity contribution in [1.29, 1.82) is 0 Å². The molecule has 122 valence electrons. The van der Waals surface area contributed by atoms with Crippen molar-refractivity contribution in [2.24, 2.45) is 0 Å². The molecule has 0 aromatic carbocycles. The predicted octanol–water partition coefficient (Wildman–Crippen LogP) is 1.63. The van der Waals surface area contributed by atoms with E-state index in [1.165, 1.54) is 18.6 Å². The lowest BCUT2D eigenvalue weighted by atomic mass is 10.3. The molecule has 0 aliphatic rings. The summed E-state index contributed by atoms with van der Waals surface area (Å²) < 4.78 is 5.15. The van der Waals surface area contributed by atoms with Gasteiger partial charge in [0.2, 0.25) is 5.91 Å². The van der Waals surface area contributed by atoms with Gasteiger partial charge in [0.1, 0.15) is 11.5 Å². The highest BCUT2D eigenvalue weighted by molar-refractivity contribution is 5.92. The van der Waals surface area contributed by atoms with Gasteiger partial charge in [0.15, 0.2) is 0 Å². The number of hydrogen-bond donors (Lipinski definition) is 1. The molecule has 0 fully saturated rings. The molecule has 2 aromatic heterocycles. The lowest BCUT2D eigenvalue weighted by Gasteiger charge is -2.21. The Kier molecular flexibility index (Phi) is 6.28. The fraction of sp³-hybridized carbons (Fsp3) is 0.375. The largest absolute Gasteiger partial charge is 0.467 e. The zero-order valence-corrected chi connectivity index (χ0v) is 13.1. The van der Waals surface area contributed by atoms with Crippen LogP contribution in [0, 0.1) is 0 Å². The van der Waals surface area contributed by atoms with E-state index in [4.69, 9.17) is 4.42 Å². The predicted molar refractivity (Wildman–Crippen MR) is 83.4 cm³/mol. The Morgan fingerprint density at radius 1 is 1.30 bits per heavy atom. The lowest BCUT2D eigenvalue weighted by molar-refractivity contribution is -0.121. The van der Waals surface area contributed by atoms with Gasteiger partial charge < -0.3 is 14.6 Å². The van der Waals surface area contributed by atoms with Crippen LogP contribution in [0.3, 0.4) is 0 Å². The summed E-state index contributed by atoms with van der Waals surface area (Å²) in [5.41, 5.74) is 0.289. The SMILES string of the molecule is CCCN(CCC(=O)NCc1ccco1)C(=O)c1cnccn1. The fourth-order valence-corrected chi connectivity index (χ4v) is 2.08. The Balaban J connectivity index is 1.84. The van der Waals surface area contributed by atoms with Gasteiger partial charge in [-0.2, -0.15) is 0 Å². The minimum absolute atomic E-state index is 0.130. The molecule has 0 radical (unpaired) electrons. The first-order valence-electron chi connectivity index (χ1n) is 7.55. The van der Waals surface area contributed by atoms with E-state index >= 15 is 0 Å². The van der Waals surface area contributed by atoms with E-state index in [2.05, 4.69) is 15.3 Å². The van der Waals surface area contributed by atoms with Crippen LogP contribution in [0.4, 0.5) is 0 Å². The number of hydrogen-bond acceptors (Lipinski definition) is 5. The summed E-state index contributed by atoms with van der Waals surface area (Å²) in [6.07, 6.45) is 7.02. The molecule has 2 heterocycles. The van der Waals surface area contributed by atoms with Crippen LogP contribution in [0.5, 0.6) is 0 Å². The average Bonchev–Trinajstić information content (AvgIpc) is 3.10. The first-order chi connectivity index (χ1) is 11.2. The number of nitrogens with zero attached hydrogens (tertiary/aromatic N) is 3. The number of rotatable bonds is 8. The summed E-state index contributed by atoms with van der Waals surface area (Å²) in [6.45, 7) is 3.24. The van der Waals surface area contributed by atoms with Crippen molar-refractivity contribution in [1.82, 2.24) is 20.2 Å². The van der Waals surface area contributed by atoms with Crippen molar-refractivity contribution in [2.75, 3.05) is 13.1 Å². The standard InChI is InChI=1S/C16H20N4O3/c1-2-8-20(16(22)14-12-17-6-7-18-14)9-5-15(21)19-11-13-4-3-10-23-13/h3-4,6-7,10,12H,2,5,8-9,11H2,1H3,(H,19,21). The molecule has 0 bridgehead atoms. The molecule has 23 heavy (non-hydrogen) atoms. The van der Waals surface area contributed by atoms with Crippen LogP contribution in [0.15, 0.2) is 41.4 Å². The number of carbonyl (C=O) groups excluding carboxylic acids is 2. The van der Waals surface area contributed by atoms with Crippen LogP contribution in [-0.2, 0) is 11.3 Å². The topological polar surface area (TPSA) is 88.3 Å². The van der Waals surface area contributed by atoms with Crippen molar-refractivity contribution < 1.29 is 14.0 Å². The van der Waals surface area contributed by atoms with Gasteiger partial charge in [-0.1, -0.05) is 6.92 Å². The zero-order valence-electron chi connectivity index (χ0n) is 13.1. The number of furan rings is 1.